The Balaban J connectivity index is 1.85. The third kappa shape index (κ3) is 3.36. The molecule has 1 aliphatic heterocycles. The fourth-order valence-corrected chi connectivity index (χ4v) is 2.65. The number of thioether (sulfide) groups is 1. The van der Waals surface area contributed by atoms with Gasteiger partial charge in [0.15, 0.2) is 5.12 Å². The molecule has 0 saturated carbocycles. The van der Waals surface area contributed by atoms with Crippen LogP contribution in [0.4, 0.5) is 0 Å². The Morgan fingerprint density at radius 3 is 3.12 bits per heavy atom. The van der Waals surface area contributed by atoms with Crippen molar-refractivity contribution < 1.29 is 14.0 Å². The molecule has 4 nitrogen and oxygen atoms in total. The Kier molecular flexibility index (Phi) is 3.89. The zero-order valence-electron chi connectivity index (χ0n) is 9.72. The van der Waals surface area contributed by atoms with Crippen LogP contribution in [0.15, 0.2) is 23.0 Å². The Bertz CT molecular complexity index is 402. The van der Waals surface area contributed by atoms with Gasteiger partial charge in [0.05, 0.1) is 12.5 Å². The molecule has 0 aromatic carbocycles. The number of rotatable bonds is 4. The highest BCUT2D eigenvalue weighted by Crippen LogP contribution is 2.23. The molecule has 2 heterocycles. The molecule has 0 radical (unpaired) electrons. The number of furan rings is 1. The van der Waals surface area contributed by atoms with Crippen LogP contribution in [0.1, 0.15) is 18.9 Å². The monoisotopic (exact) mass is 253 g/mol. The van der Waals surface area contributed by atoms with Gasteiger partial charge in [-0.1, -0.05) is 11.8 Å². The summed E-state index contributed by atoms with van der Waals surface area (Å²) in [5.41, 5.74) is 1.01. The topological polar surface area (TPSA) is 50.5 Å². The summed E-state index contributed by atoms with van der Waals surface area (Å²) >= 11 is 1.30. The molecule has 1 aliphatic rings. The maximum Gasteiger partial charge on any atom is 0.223 e. The lowest BCUT2D eigenvalue weighted by atomic mass is 10.1. The molecule has 1 aromatic heterocycles. The largest absolute Gasteiger partial charge is 0.472 e. The standard InChI is InChI=1S/C12H15NO3S/c1-9(14)17-8-11-4-12(15)13(6-11)5-10-2-3-16-7-10/h2-3,7,11H,4-6,8H2,1H3. The fourth-order valence-electron chi connectivity index (χ4n) is 1.96. The highest BCUT2D eigenvalue weighted by Gasteiger charge is 2.29. The summed E-state index contributed by atoms with van der Waals surface area (Å²) in [4.78, 5) is 24.5. The van der Waals surface area contributed by atoms with Gasteiger partial charge in [-0.25, -0.2) is 0 Å². The summed E-state index contributed by atoms with van der Waals surface area (Å²) in [5.74, 6) is 1.20. The van der Waals surface area contributed by atoms with E-state index < -0.39 is 0 Å². The van der Waals surface area contributed by atoms with Gasteiger partial charge in [0.2, 0.25) is 5.91 Å². The summed E-state index contributed by atoms with van der Waals surface area (Å²) < 4.78 is 4.98. The van der Waals surface area contributed by atoms with Gasteiger partial charge in [0.25, 0.3) is 0 Å². The summed E-state index contributed by atoms with van der Waals surface area (Å²) in [7, 11) is 0. The SMILES string of the molecule is CC(=O)SCC1CC(=O)N(Cc2ccoc2)C1. The molecule has 1 unspecified atom stereocenters. The van der Waals surface area contributed by atoms with E-state index in [0.29, 0.717) is 18.9 Å². The molecule has 0 bridgehead atoms. The van der Waals surface area contributed by atoms with E-state index >= 15 is 0 Å². The highest BCUT2D eigenvalue weighted by atomic mass is 32.2. The van der Waals surface area contributed by atoms with Crippen molar-refractivity contribution in [2.24, 2.45) is 5.92 Å². The van der Waals surface area contributed by atoms with E-state index in [1.165, 1.54) is 11.8 Å². The lowest BCUT2D eigenvalue weighted by molar-refractivity contribution is -0.128. The Hall–Kier alpha value is -1.23. The molecule has 1 aromatic rings. The second-order valence-corrected chi connectivity index (χ2v) is 5.48. The number of carbonyl (C=O) groups excluding carboxylic acids is 2. The van der Waals surface area contributed by atoms with E-state index in [2.05, 4.69) is 0 Å². The molecule has 17 heavy (non-hydrogen) atoms. The number of hydrogen-bond acceptors (Lipinski definition) is 4. The van der Waals surface area contributed by atoms with E-state index in [0.717, 1.165) is 17.9 Å². The minimum atomic E-state index is 0.116. The van der Waals surface area contributed by atoms with Crippen LogP contribution in [0.25, 0.3) is 0 Å². The van der Waals surface area contributed by atoms with Gasteiger partial charge in [-0.15, -0.1) is 0 Å². The third-order valence-electron chi connectivity index (χ3n) is 2.77. The van der Waals surface area contributed by atoms with Gasteiger partial charge in [0.1, 0.15) is 0 Å². The van der Waals surface area contributed by atoms with E-state index in [9.17, 15) is 9.59 Å². The van der Waals surface area contributed by atoms with Crippen LogP contribution < -0.4 is 0 Å². The molecule has 5 heteroatoms. The zero-order valence-corrected chi connectivity index (χ0v) is 10.5. The van der Waals surface area contributed by atoms with E-state index in [-0.39, 0.29) is 11.0 Å². The second-order valence-electron chi connectivity index (χ2n) is 4.28. The minimum absolute atomic E-state index is 0.116. The number of likely N-dealkylation sites (tertiary alicyclic amines) is 1. The lowest BCUT2D eigenvalue weighted by Crippen LogP contribution is -2.24. The first-order chi connectivity index (χ1) is 8.15. The van der Waals surface area contributed by atoms with Gasteiger partial charge in [-0.3, -0.25) is 9.59 Å². The van der Waals surface area contributed by atoms with Gasteiger partial charge in [0, 0.05) is 37.8 Å². The van der Waals surface area contributed by atoms with Crippen molar-refractivity contribution in [3.63, 3.8) is 0 Å². The molecule has 1 amide bonds. The van der Waals surface area contributed by atoms with Crippen LogP contribution in [0, 0.1) is 5.92 Å². The first-order valence-corrected chi connectivity index (χ1v) is 6.56. The summed E-state index contributed by atoms with van der Waals surface area (Å²) in [6.07, 6.45) is 3.82. The number of nitrogens with zero attached hydrogens (tertiary/aromatic N) is 1. The normalized spacial score (nSPS) is 19.9. The third-order valence-corrected chi connectivity index (χ3v) is 3.82. The predicted molar refractivity (Wildman–Crippen MR) is 65.4 cm³/mol. The zero-order chi connectivity index (χ0) is 12.3. The molecular formula is C12H15NO3S. The average Bonchev–Trinajstić information content (AvgIpc) is 2.87. The van der Waals surface area contributed by atoms with Gasteiger partial charge >= 0.3 is 0 Å². The van der Waals surface area contributed by atoms with Crippen molar-refractivity contribution in [1.82, 2.24) is 4.90 Å². The Morgan fingerprint density at radius 2 is 2.47 bits per heavy atom. The van der Waals surface area contributed by atoms with Crippen LogP contribution in [-0.4, -0.2) is 28.2 Å². The maximum absolute atomic E-state index is 11.8. The van der Waals surface area contributed by atoms with E-state index in [1.54, 1.807) is 19.5 Å². The molecule has 2 rings (SSSR count). The quantitative estimate of drug-likeness (QED) is 0.822. The molecule has 1 atom stereocenters. The van der Waals surface area contributed by atoms with Crippen molar-refractivity contribution in [3.8, 4) is 0 Å². The molecule has 92 valence electrons. The Morgan fingerprint density at radius 1 is 1.65 bits per heavy atom. The van der Waals surface area contributed by atoms with Crippen molar-refractivity contribution in [1.29, 1.82) is 0 Å². The molecule has 1 saturated heterocycles. The fraction of sp³-hybridized carbons (Fsp3) is 0.500. The maximum atomic E-state index is 11.8. The van der Waals surface area contributed by atoms with Crippen LogP contribution in [0.3, 0.4) is 0 Å². The predicted octanol–water partition coefficient (Wildman–Crippen LogP) is 1.91. The van der Waals surface area contributed by atoms with Crippen LogP contribution in [0.5, 0.6) is 0 Å². The molecule has 0 N–H and O–H groups in total. The van der Waals surface area contributed by atoms with E-state index in [1.807, 2.05) is 11.0 Å². The molecule has 0 spiro atoms. The number of carbonyl (C=O) groups is 2. The van der Waals surface area contributed by atoms with Crippen LogP contribution in [-0.2, 0) is 16.1 Å². The van der Waals surface area contributed by atoms with Crippen molar-refractivity contribution in [3.05, 3.63) is 24.2 Å². The number of amides is 1. The van der Waals surface area contributed by atoms with Crippen LogP contribution >= 0.6 is 11.8 Å². The van der Waals surface area contributed by atoms with Gasteiger partial charge in [-0.05, 0) is 12.0 Å². The van der Waals surface area contributed by atoms with Gasteiger partial charge < -0.3 is 9.32 Å². The average molecular weight is 253 g/mol. The van der Waals surface area contributed by atoms with Gasteiger partial charge in [-0.2, -0.15) is 0 Å². The smallest absolute Gasteiger partial charge is 0.223 e. The summed E-state index contributed by atoms with van der Waals surface area (Å²) in [6, 6.07) is 1.87. The summed E-state index contributed by atoms with van der Waals surface area (Å²) in [6.45, 7) is 2.91. The molecular weight excluding hydrogens is 238 g/mol. The first-order valence-electron chi connectivity index (χ1n) is 5.57. The summed E-state index contributed by atoms with van der Waals surface area (Å²) in [5, 5.41) is 0.116. The first kappa shape index (κ1) is 12.2. The molecule has 1 fully saturated rings. The van der Waals surface area contributed by atoms with Crippen LogP contribution in [0.2, 0.25) is 0 Å². The Labute approximate surface area is 104 Å². The van der Waals surface area contributed by atoms with Crippen molar-refractivity contribution in [2.75, 3.05) is 12.3 Å². The number of hydrogen-bond donors (Lipinski definition) is 0. The van der Waals surface area contributed by atoms with Crippen molar-refractivity contribution in [2.45, 2.75) is 19.9 Å². The second kappa shape index (κ2) is 5.40. The lowest BCUT2D eigenvalue weighted by Gasteiger charge is -2.15. The van der Waals surface area contributed by atoms with Crippen molar-refractivity contribution >= 4 is 22.8 Å². The van der Waals surface area contributed by atoms with E-state index in [4.69, 9.17) is 4.42 Å². The molecule has 0 aliphatic carbocycles. The highest BCUT2D eigenvalue weighted by molar-refractivity contribution is 8.13. The minimum Gasteiger partial charge on any atom is -0.472 e.